The third-order valence-corrected chi connectivity index (χ3v) is 11.5. The average molecular weight is 548 g/mol. The van der Waals surface area contributed by atoms with Gasteiger partial charge in [0.25, 0.3) is 0 Å². The van der Waals surface area contributed by atoms with Gasteiger partial charge < -0.3 is 19.5 Å². The van der Waals surface area contributed by atoms with Crippen LogP contribution in [-0.2, 0) is 22.4 Å². The Morgan fingerprint density at radius 1 is 1.10 bits per heavy atom. The van der Waals surface area contributed by atoms with Gasteiger partial charge in [0.2, 0.25) is 0 Å². The Morgan fingerprint density at radius 2 is 1.93 bits per heavy atom. The van der Waals surface area contributed by atoms with Crippen LogP contribution in [0.3, 0.4) is 0 Å². The number of aryl methyl sites for hydroxylation is 1. The summed E-state index contributed by atoms with van der Waals surface area (Å²) in [7, 11) is 0. The first-order chi connectivity index (χ1) is 19.3. The molecule has 5 nitrogen and oxygen atoms in total. The van der Waals surface area contributed by atoms with Gasteiger partial charge in [0.1, 0.15) is 11.6 Å². The van der Waals surface area contributed by atoms with Crippen LogP contribution in [0.15, 0.2) is 42.5 Å². The summed E-state index contributed by atoms with van der Waals surface area (Å²) >= 11 is 0. The summed E-state index contributed by atoms with van der Waals surface area (Å²) in [6.45, 7) is 8.39. The molecule has 5 aliphatic rings. The second kappa shape index (κ2) is 9.84. The Labute approximate surface area is 237 Å². The highest BCUT2D eigenvalue weighted by Gasteiger charge is 2.67. The molecule has 2 saturated carbocycles. The molecule has 1 spiro atoms. The molecule has 1 N–H and O–H groups in total. The number of hydrogen-bond donors (Lipinski definition) is 1. The lowest BCUT2D eigenvalue weighted by atomic mass is 9.53. The van der Waals surface area contributed by atoms with Gasteiger partial charge in [-0.2, -0.15) is 0 Å². The van der Waals surface area contributed by atoms with E-state index in [1.165, 1.54) is 48.9 Å². The summed E-state index contributed by atoms with van der Waals surface area (Å²) < 4.78 is 32.1. The summed E-state index contributed by atoms with van der Waals surface area (Å²) in [5, 5.41) is 2.76. The standard InChI is InChI=1S/C34H42FNO4/c1-20-12-15-34(38-19-20)21(2)31-30(40-34)17-29-28-10-6-23-16-25(9-11-26(23)27(28)13-14-33(29,31)3)39-32(37)36-18-22-4-7-24(35)8-5-22/h4-5,7-9,11,16,20-21,27-31H,6,10,12-15,17-19H2,1-3H3,(H,36,37)/t20-,21+,27-,28-,29+,30+,31+,33+,34-/m1/s1. The van der Waals surface area contributed by atoms with E-state index in [4.69, 9.17) is 14.2 Å². The summed E-state index contributed by atoms with van der Waals surface area (Å²) in [4.78, 5) is 12.4. The minimum absolute atomic E-state index is 0.291. The van der Waals surface area contributed by atoms with E-state index in [0.29, 0.717) is 59.3 Å². The van der Waals surface area contributed by atoms with Crippen molar-refractivity contribution >= 4 is 6.09 Å². The summed E-state index contributed by atoms with van der Waals surface area (Å²) in [5.41, 5.74) is 3.90. The summed E-state index contributed by atoms with van der Waals surface area (Å²) in [5.74, 6) is 3.53. The summed E-state index contributed by atoms with van der Waals surface area (Å²) in [6, 6.07) is 12.3. The van der Waals surface area contributed by atoms with Gasteiger partial charge in [0.15, 0.2) is 5.79 Å². The van der Waals surface area contributed by atoms with Crippen molar-refractivity contribution in [3.05, 3.63) is 65.0 Å². The molecule has 40 heavy (non-hydrogen) atoms. The highest BCUT2D eigenvalue weighted by molar-refractivity contribution is 5.70. The fourth-order valence-electron chi connectivity index (χ4n) is 9.56. The monoisotopic (exact) mass is 547 g/mol. The largest absolute Gasteiger partial charge is 0.412 e. The van der Waals surface area contributed by atoms with Gasteiger partial charge in [-0.1, -0.05) is 39.0 Å². The number of amides is 1. The number of fused-ring (bicyclic) bond motifs is 7. The van der Waals surface area contributed by atoms with Crippen LogP contribution >= 0.6 is 0 Å². The average Bonchev–Trinajstić information content (AvgIpc) is 3.39. The SMILES string of the molecule is C[C@@H]1CC[C@@]2(OC1)O[C@H]1C[C@H]3[C@@H]4CCc5cc(OC(=O)NCc6ccc(F)cc6)ccc5[C@H]4CC[C@]3(C)[C@H]1[C@@H]2C. The molecule has 0 aromatic heterocycles. The topological polar surface area (TPSA) is 56.8 Å². The quantitative estimate of drug-likeness (QED) is 0.436. The van der Waals surface area contributed by atoms with Crippen molar-refractivity contribution in [1.82, 2.24) is 5.32 Å². The van der Waals surface area contributed by atoms with E-state index in [0.717, 1.165) is 31.4 Å². The zero-order chi connectivity index (χ0) is 27.6. The van der Waals surface area contributed by atoms with Gasteiger partial charge in [-0.25, -0.2) is 9.18 Å². The predicted octanol–water partition coefficient (Wildman–Crippen LogP) is 7.37. The number of benzene rings is 2. The van der Waals surface area contributed by atoms with Crippen LogP contribution in [0, 0.1) is 40.8 Å². The smallest absolute Gasteiger partial charge is 0.410 e. The zero-order valence-electron chi connectivity index (χ0n) is 24.0. The van der Waals surface area contributed by atoms with Gasteiger partial charge in [0, 0.05) is 18.9 Å². The lowest BCUT2D eigenvalue weighted by Gasteiger charge is -2.52. The first-order valence-electron chi connectivity index (χ1n) is 15.4. The van der Waals surface area contributed by atoms with E-state index in [2.05, 4.69) is 38.2 Å². The fraction of sp³-hybridized carbons (Fsp3) is 0.618. The predicted molar refractivity (Wildman–Crippen MR) is 150 cm³/mol. The van der Waals surface area contributed by atoms with E-state index in [9.17, 15) is 9.18 Å². The van der Waals surface area contributed by atoms with Crippen LogP contribution in [0.1, 0.15) is 81.9 Å². The number of halogens is 1. The molecule has 1 amide bonds. The number of hydrogen-bond acceptors (Lipinski definition) is 4. The molecule has 2 saturated heterocycles. The van der Waals surface area contributed by atoms with Crippen LogP contribution in [0.2, 0.25) is 0 Å². The van der Waals surface area contributed by atoms with Gasteiger partial charge in [-0.15, -0.1) is 0 Å². The molecule has 0 bridgehead atoms. The molecule has 9 atom stereocenters. The first kappa shape index (κ1) is 26.5. The van der Waals surface area contributed by atoms with Crippen molar-refractivity contribution in [2.45, 2.75) is 90.1 Å². The minimum atomic E-state index is -0.493. The van der Waals surface area contributed by atoms with E-state index < -0.39 is 6.09 Å². The molecule has 3 aliphatic carbocycles. The van der Waals surface area contributed by atoms with Gasteiger partial charge >= 0.3 is 6.09 Å². The first-order valence-corrected chi connectivity index (χ1v) is 15.4. The molecule has 2 aromatic rings. The third kappa shape index (κ3) is 4.28. The van der Waals surface area contributed by atoms with Crippen molar-refractivity contribution in [3.8, 4) is 5.75 Å². The molecule has 2 aliphatic heterocycles. The number of nitrogens with one attached hydrogen (secondary N) is 1. The number of carbonyl (C=O) groups excluding carboxylic acids is 1. The Balaban J connectivity index is 1.02. The van der Waals surface area contributed by atoms with Crippen LogP contribution in [-0.4, -0.2) is 24.6 Å². The number of ether oxygens (including phenoxy) is 3. The Kier molecular flexibility index (Phi) is 6.51. The zero-order valence-corrected chi connectivity index (χ0v) is 24.0. The van der Waals surface area contributed by atoms with Crippen LogP contribution in [0.5, 0.6) is 5.75 Å². The fourth-order valence-corrected chi connectivity index (χ4v) is 9.56. The van der Waals surface area contributed by atoms with Crippen molar-refractivity contribution in [2.75, 3.05) is 6.61 Å². The van der Waals surface area contributed by atoms with E-state index in [1.807, 2.05) is 6.07 Å². The second-order valence-corrected chi connectivity index (χ2v) is 13.7. The van der Waals surface area contributed by atoms with Gasteiger partial charge in [-0.05, 0) is 114 Å². The molecule has 0 radical (unpaired) electrons. The third-order valence-electron chi connectivity index (χ3n) is 11.5. The minimum Gasteiger partial charge on any atom is -0.410 e. The molecule has 2 heterocycles. The van der Waals surface area contributed by atoms with Crippen LogP contribution < -0.4 is 10.1 Å². The Morgan fingerprint density at radius 3 is 2.70 bits per heavy atom. The number of carbonyl (C=O) groups is 1. The molecule has 6 heteroatoms. The lowest BCUT2D eigenvalue weighted by molar-refractivity contribution is -0.272. The Bertz CT molecular complexity index is 1270. The molecule has 4 fully saturated rings. The molecule has 214 valence electrons. The molecule has 0 unspecified atom stereocenters. The number of rotatable bonds is 3. The highest BCUT2D eigenvalue weighted by atomic mass is 19.1. The molecular formula is C34H42FNO4. The molecular weight excluding hydrogens is 505 g/mol. The van der Waals surface area contributed by atoms with Gasteiger partial charge in [0.05, 0.1) is 12.7 Å². The molecule has 2 aromatic carbocycles. The lowest BCUT2D eigenvalue weighted by Crippen LogP contribution is -2.48. The molecule has 7 rings (SSSR count). The van der Waals surface area contributed by atoms with Crippen LogP contribution in [0.25, 0.3) is 0 Å². The Hall–Kier alpha value is -2.44. The normalized spacial score (nSPS) is 39.6. The van der Waals surface area contributed by atoms with Crippen molar-refractivity contribution in [2.24, 2.45) is 35.0 Å². The van der Waals surface area contributed by atoms with Crippen LogP contribution in [0.4, 0.5) is 9.18 Å². The summed E-state index contributed by atoms with van der Waals surface area (Å²) in [6.07, 6.45) is 7.89. The maximum atomic E-state index is 13.1. The second-order valence-electron chi connectivity index (χ2n) is 13.7. The van der Waals surface area contributed by atoms with Gasteiger partial charge in [-0.3, -0.25) is 0 Å². The van der Waals surface area contributed by atoms with E-state index in [1.54, 1.807) is 12.1 Å². The van der Waals surface area contributed by atoms with Crippen molar-refractivity contribution in [1.29, 1.82) is 0 Å². The van der Waals surface area contributed by atoms with Crippen molar-refractivity contribution in [3.63, 3.8) is 0 Å². The highest BCUT2D eigenvalue weighted by Crippen LogP contribution is 2.69. The van der Waals surface area contributed by atoms with E-state index >= 15 is 0 Å². The maximum absolute atomic E-state index is 13.1. The maximum Gasteiger partial charge on any atom is 0.412 e. The van der Waals surface area contributed by atoms with E-state index in [-0.39, 0.29) is 11.6 Å². The van der Waals surface area contributed by atoms with Crippen molar-refractivity contribution < 1.29 is 23.4 Å².